The second-order valence-electron chi connectivity index (χ2n) is 3.00. The molecule has 4 N–H and O–H groups in total. The molecule has 0 bridgehead atoms. The van der Waals surface area contributed by atoms with Crippen LogP contribution in [0, 0.1) is 22.7 Å². The van der Waals surface area contributed by atoms with E-state index in [0.29, 0.717) is 5.01 Å². The third-order valence-corrected chi connectivity index (χ3v) is 2.16. The number of hydrazine groups is 1. The second kappa shape index (κ2) is 5.03. The highest BCUT2D eigenvalue weighted by molar-refractivity contribution is 7.80. The molecule has 0 fully saturated rings. The maximum atomic E-state index is 11.7. The zero-order valence-corrected chi connectivity index (χ0v) is 9.36. The topological polar surface area (TPSA) is 120 Å². The van der Waals surface area contributed by atoms with Gasteiger partial charge >= 0.3 is 0 Å². The number of carbonyl (C=O) groups is 1. The quantitative estimate of drug-likeness (QED) is 0.311. The number of hydrogen-bond donors (Lipinski definition) is 2. The molecule has 0 aliphatic carbocycles. The highest BCUT2D eigenvalue weighted by Gasteiger charge is 2.16. The Morgan fingerprint density at radius 1 is 1.29 bits per heavy atom. The predicted molar refractivity (Wildman–Crippen MR) is 63.0 cm³/mol. The van der Waals surface area contributed by atoms with Gasteiger partial charge in [-0.3, -0.25) is 4.79 Å². The molecule has 1 aromatic carbocycles. The fraction of sp³-hybridized carbons (Fsp3) is 0. The van der Waals surface area contributed by atoms with Crippen LogP contribution in [-0.4, -0.2) is 16.0 Å². The molecule has 0 aliphatic rings. The number of rotatable bonds is 1. The number of benzene rings is 1. The van der Waals surface area contributed by atoms with Crippen LogP contribution in [0.25, 0.3) is 0 Å². The highest BCUT2D eigenvalue weighted by Crippen LogP contribution is 2.11. The van der Waals surface area contributed by atoms with Crippen LogP contribution in [-0.2, 0) is 0 Å². The molecule has 1 amide bonds. The zero-order chi connectivity index (χ0) is 13.0. The van der Waals surface area contributed by atoms with E-state index in [1.165, 1.54) is 18.2 Å². The second-order valence-corrected chi connectivity index (χ2v) is 3.42. The molecule has 0 saturated carbocycles. The van der Waals surface area contributed by atoms with E-state index in [0.717, 1.165) is 0 Å². The standard InChI is InChI=1S/C10H7N5OS/c11-4-7-2-1-6(3-8(7)5-12)9(16)15(14)10(13)17/h1-3H,14H2,(H2,13,17). The number of thiocarbonyl (C=S) groups is 1. The van der Waals surface area contributed by atoms with Crippen molar-refractivity contribution in [3.8, 4) is 12.1 Å². The van der Waals surface area contributed by atoms with Gasteiger partial charge in [0, 0.05) is 5.56 Å². The molecule has 0 aliphatic heterocycles. The lowest BCUT2D eigenvalue weighted by Crippen LogP contribution is -2.45. The van der Waals surface area contributed by atoms with Gasteiger partial charge in [-0.05, 0) is 30.4 Å². The van der Waals surface area contributed by atoms with Crippen molar-refractivity contribution in [2.45, 2.75) is 0 Å². The zero-order valence-electron chi connectivity index (χ0n) is 8.54. The van der Waals surface area contributed by atoms with Crippen LogP contribution in [0.5, 0.6) is 0 Å². The van der Waals surface area contributed by atoms with Gasteiger partial charge in [0.25, 0.3) is 5.91 Å². The first kappa shape index (κ1) is 12.6. The fourth-order valence-electron chi connectivity index (χ4n) is 1.11. The SMILES string of the molecule is N#Cc1ccc(C(=O)N(N)C(N)=S)cc1C#N. The van der Waals surface area contributed by atoms with Crippen LogP contribution in [0.4, 0.5) is 0 Å². The van der Waals surface area contributed by atoms with Crippen LogP contribution in [0.1, 0.15) is 21.5 Å². The minimum atomic E-state index is -0.640. The van der Waals surface area contributed by atoms with Crippen molar-refractivity contribution in [2.24, 2.45) is 11.6 Å². The monoisotopic (exact) mass is 245 g/mol. The van der Waals surface area contributed by atoms with Gasteiger partial charge in [0.1, 0.15) is 12.1 Å². The molecule has 1 rings (SSSR count). The number of amides is 1. The number of nitriles is 2. The first-order valence-electron chi connectivity index (χ1n) is 4.34. The number of nitrogens with two attached hydrogens (primary N) is 2. The number of nitrogens with zero attached hydrogens (tertiary/aromatic N) is 3. The van der Waals surface area contributed by atoms with Gasteiger partial charge in [0.15, 0.2) is 5.11 Å². The van der Waals surface area contributed by atoms with E-state index in [2.05, 4.69) is 12.2 Å². The fourth-order valence-corrected chi connectivity index (χ4v) is 1.19. The van der Waals surface area contributed by atoms with E-state index in [-0.39, 0.29) is 21.8 Å². The molecule has 0 atom stereocenters. The first-order valence-corrected chi connectivity index (χ1v) is 4.75. The molecule has 0 radical (unpaired) electrons. The van der Waals surface area contributed by atoms with Gasteiger partial charge < -0.3 is 5.73 Å². The molecule has 0 aromatic heterocycles. The van der Waals surface area contributed by atoms with Gasteiger partial charge in [-0.15, -0.1) is 0 Å². The summed E-state index contributed by atoms with van der Waals surface area (Å²) in [7, 11) is 0. The lowest BCUT2D eigenvalue weighted by atomic mass is 10.1. The van der Waals surface area contributed by atoms with E-state index in [4.69, 9.17) is 22.1 Å². The average molecular weight is 245 g/mol. The Kier molecular flexibility index (Phi) is 3.73. The largest absolute Gasteiger partial charge is 0.375 e. The van der Waals surface area contributed by atoms with Crippen molar-refractivity contribution >= 4 is 23.2 Å². The summed E-state index contributed by atoms with van der Waals surface area (Å²) >= 11 is 4.54. The predicted octanol–water partition coefficient (Wildman–Crippen LogP) is -0.0105. The highest BCUT2D eigenvalue weighted by atomic mass is 32.1. The third kappa shape index (κ3) is 2.55. The Balaban J connectivity index is 3.19. The van der Waals surface area contributed by atoms with Crippen molar-refractivity contribution in [2.75, 3.05) is 0 Å². The summed E-state index contributed by atoms with van der Waals surface area (Å²) in [6.07, 6.45) is 0. The van der Waals surface area contributed by atoms with Gasteiger partial charge in [-0.2, -0.15) is 10.5 Å². The Bertz CT molecular complexity index is 569. The lowest BCUT2D eigenvalue weighted by Gasteiger charge is -2.13. The molecule has 17 heavy (non-hydrogen) atoms. The Morgan fingerprint density at radius 2 is 1.88 bits per heavy atom. The van der Waals surface area contributed by atoms with Crippen molar-refractivity contribution in [1.82, 2.24) is 5.01 Å². The van der Waals surface area contributed by atoms with Crippen LogP contribution in [0.15, 0.2) is 18.2 Å². The first-order chi connectivity index (χ1) is 8.01. The summed E-state index contributed by atoms with van der Waals surface area (Å²) in [4.78, 5) is 11.7. The lowest BCUT2D eigenvalue weighted by molar-refractivity contribution is 0.0848. The molecule has 0 heterocycles. The normalized spacial score (nSPS) is 8.88. The van der Waals surface area contributed by atoms with Gasteiger partial charge in [-0.1, -0.05) is 0 Å². The minimum Gasteiger partial charge on any atom is -0.375 e. The minimum absolute atomic E-state index is 0.0923. The molecule has 0 spiro atoms. The Morgan fingerprint density at radius 3 is 2.35 bits per heavy atom. The van der Waals surface area contributed by atoms with E-state index >= 15 is 0 Å². The van der Waals surface area contributed by atoms with Crippen molar-refractivity contribution in [1.29, 1.82) is 10.5 Å². The smallest absolute Gasteiger partial charge is 0.274 e. The summed E-state index contributed by atoms with van der Waals surface area (Å²) in [5, 5.41) is 17.8. The third-order valence-electron chi connectivity index (χ3n) is 1.96. The maximum Gasteiger partial charge on any atom is 0.274 e. The summed E-state index contributed by atoms with van der Waals surface area (Å²) in [6.45, 7) is 0. The number of carbonyl (C=O) groups excluding carboxylic acids is 1. The summed E-state index contributed by atoms with van der Waals surface area (Å²) < 4.78 is 0. The molecule has 6 nitrogen and oxygen atoms in total. The molecule has 7 heteroatoms. The van der Waals surface area contributed by atoms with E-state index in [1.54, 1.807) is 0 Å². The summed E-state index contributed by atoms with van der Waals surface area (Å²) in [5.74, 6) is 4.68. The maximum absolute atomic E-state index is 11.7. The van der Waals surface area contributed by atoms with Crippen molar-refractivity contribution < 1.29 is 4.79 Å². The molecule has 1 aromatic rings. The van der Waals surface area contributed by atoms with Crippen LogP contribution in [0.2, 0.25) is 0 Å². The summed E-state index contributed by atoms with van der Waals surface area (Å²) in [5.41, 5.74) is 5.61. The molecule has 0 saturated heterocycles. The summed E-state index contributed by atoms with van der Waals surface area (Å²) in [6, 6.07) is 7.65. The molecule has 0 unspecified atom stereocenters. The molecular formula is C10H7N5OS. The van der Waals surface area contributed by atoms with Crippen LogP contribution < -0.4 is 11.6 Å². The van der Waals surface area contributed by atoms with Crippen LogP contribution in [0.3, 0.4) is 0 Å². The molecule has 84 valence electrons. The average Bonchev–Trinajstić information content (AvgIpc) is 2.35. The molecular weight excluding hydrogens is 238 g/mol. The van der Waals surface area contributed by atoms with Crippen molar-refractivity contribution in [3.05, 3.63) is 34.9 Å². The van der Waals surface area contributed by atoms with E-state index < -0.39 is 5.91 Å². The van der Waals surface area contributed by atoms with Crippen molar-refractivity contribution in [3.63, 3.8) is 0 Å². The van der Waals surface area contributed by atoms with E-state index in [1.807, 2.05) is 12.1 Å². The Labute approximate surface area is 103 Å². The van der Waals surface area contributed by atoms with Gasteiger partial charge in [0.05, 0.1) is 11.1 Å². The van der Waals surface area contributed by atoms with Gasteiger partial charge in [0.2, 0.25) is 0 Å². The van der Waals surface area contributed by atoms with Gasteiger partial charge in [-0.25, -0.2) is 10.9 Å². The van der Waals surface area contributed by atoms with E-state index in [9.17, 15) is 4.79 Å². The Hall–Kier alpha value is -2.48. The number of hydrogen-bond acceptors (Lipinski definition) is 5. The van der Waals surface area contributed by atoms with Crippen LogP contribution >= 0.6 is 12.2 Å².